The van der Waals surface area contributed by atoms with Crippen LogP contribution in [0.5, 0.6) is 0 Å². The number of nitrogens with zero attached hydrogens (tertiary/aromatic N) is 2. The van der Waals surface area contributed by atoms with Crippen LogP contribution in [0.3, 0.4) is 0 Å². The molecule has 1 rings (SSSR count). The second-order valence-corrected chi connectivity index (χ2v) is 3.30. The number of rotatable bonds is 7. The van der Waals surface area contributed by atoms with E-state index in [-0.39, 0.29) is 6.61 Å². The molecule has 0 spiro atoms. The second kappa shape index (κ2) is 6.81. The summed E-state index contributed by atoms with van der Waals surface area (Å²) in [7, 11) is 0. The van der Waals surface area contributed by atoms with Crippen molar-refractivity contribution in [2.45, 2.75) is 13.1 Å². The summed E-state index contributed by atoms with van der Waals surface area (Å²) in [5.74, 6) is 0. The fourth-order valence-electron chi connectivity index (χ4n) is 1.23. The van der Waals surface area contributed by atoms with Crippen LogP contribution in [-0.2, 0) is 13.1 Å². The van der Waals surface area contributed by atoms with Crippen LogP contribution in [0.2, 0.25) is 0 Å². The summed E-state index contributed by atoms with van der Waals surface area (Å²) < 4.78 is 1.68. The van der Waals surface area contributed by atoms with Crippen LogP contribution in [0.4, 0.5) is 4.79 Å². The maximum Gasteiger partial charge on any atom is 0.312 e. The van der Waals surface area contributed by atoms with Crippen LogP contribution >= 0.6 is 0 Å². The van der Waals surface area contributed by atoms with E-state index >= 15 is 0 Å². The monoisotopic (exact) mass is 227 g/mol. The lowest BCUT2D eigenvalue weighted by molar-refractivity contribution is 0.249. The molecule has 90 valence electrons. The molecule has 0 aliphatic carbocycles. The van der Waals surface area contributed by atoms with Crippen molar-refractivity contribution in [2.75, 3.05) is 19.7 Å². The van der Waals surface area contributed by atoms with Gasteiger partial charge in [-0.25, -0.2) is 4.79 Å². The maximum atomic E-state index is 10.4. The van der Waals surface area contributed by atoms with Crippen molar-refractivity contribution in [1.82, 2.24) is 20.4 Å². The molecule has 0 radical (unpaired) electrons. The summed E-state index contributed by atoms with van der Waals surface area (Å²) in [4.78, 5) is 10.4. The molecule has 0 aliphatic heterocycles. The Kier molecular flexibility index (Phi) is 5.30. The number of amides is 2. The molecule has 0 saturated carbocycles. The van der Waals surface area contributed by atoms with Gasteiger partial charge < -0.3 is 21.5 Å². The molecule has 16 heavy (non-hydrogen) atoms. The zero-order valence-corrected chi connectivity index (χ0v) is 9.02. The SMILES string of the molecule is NC(=O)NCCNCc1cnn(CCO)c1. The van der Waals surface area contributed by atoms with Gasteiger partial charge in [-0.05, 0) is 0 Å². The average Bonchev–Trinajstić information content (AvgIpc) is 2.65. The number of urea groups is 1. The highest BCUT2D eigenvalue weighted by molar-refractivity contribution is 5.71. The number of carbonyl (C=O) groups excluding carboxylic acids is 1. The molecule has 0 saturated heterocycles. The number of hydrogen-bond acceptors (Lipinski definition) is 4. The first-order valence-electron chi connectivity index (χ1n) is 5.08. The molecule has 1 aromatic rings. The predicted octanol–water partition coefficient (Wildman–Crippen LogP) is -1.37. The highest BCUT2D eigenvalue weighted by Crippen LogP contribution is 1.96. The fourth-order valence-corrected chi connectivity index (χ4v) is 1.23. The summed E-state index contributed by atoms with van der Waals surface area (Å²) in [5.41, 5.74) is 5.94. The van der Waals surface area contributed by atoms with Gasteiger partial charge in [0.05, 0.1) is 19.3 Å². The van der Waals surface area contributed by atoms with E-state index in [0.29, 0.717) is 26.2 Å². The minimum absolute atomic E-state index is 0.0804. The van der Waals surface area contributed by atoms with Gasteiger partial charge >= 0.3 is 6.03 Å². The number of carbonyl (C=O) groups is 1. The first-order valence-corrected chi connectivity index (χ1v) is 5.08. The number of primary amides is 1. The Morgan fingerprint density at radius 1 is 1.56 bits per heavy atom. The van der Waals surface area contributed by atoms with Crippen molar-refractivity contribution in [1.29, 1.82) is 0 Å². The zero-order chi connectivity index (χ0) is 11.8. The Morgan fingerprint density at radius 2 is 2.38 bits per heavy atom. The maximum absolute atomic E-state index is 10.4. The highest BCUT2D eigenvalue weighted by Gasteiger charge is 1.97. The predicted molar refractivity (Wildman–Crippen MR) is 58.6 cm³/mol. The molecule has 1 heterocycles. The van der Waals surface area contributed by atoms with Gasteiger partial charge in [0, 0.05) is 31.4 Å². The zero-order valence-electron chi connectivity index (χ0n) is 9.02. The van der Waals surface area contributed by atoms with E-state index in [1.807, 2.05) is 6.20 Å². The topological polar surface area (TPSA) is 105 Å². The third-order valence-corrected chi connectivity index (χ3v) is 1.95. The fraction of sp³-hybridized carbons (Fsp3) is 0.556. The Balaban J connectivity index is 2.14. The van der Waals surface area contributed by atoms with Crippen molar-refractivity contribution in [3.05, 3.63) is 18.0 Å². The molecule has 1 aromatic heterocycles. The molecule has 0 bridgehead atoms. The molecule has 0 aliphatic rings. The van der Waals surface area contributed by atoms with Gasteiger partial charge in [-0.1, -0.05) is 0 Å². The van der Waals surface area contributed by atoms with Crippen molar-refractivity contribution in [3.63, 3.8) is 0 Å². The Labute approximate surface area is 93.6 Å². The standard InChI is InChI=1S/C9H17N5O2/c10-9(16)12-2-1-11-5-8-6-13-14(7-8)3-4-15/h6-7,11,15H,1-5H2,(H3,10,12,16). The molecule has 0 aromatic carbocycles. The number of aliphatic hydroxyl groups excluding tert-OH is 1. The molecular formula is C9H17N5O2. The molecule has 0 fully saturated rings. The van der Waals surface area contributed by atoms with E-state index in [1.54, 1.807) is 10.9 Å². The molecule has 2 amide bonds. The largest absolute Gasteiger partial charge is 0.394 e. The van der Waals surface area contributed by atoms with Crippen LogP contribution in [-0.4, -0.2) is 40.6 Å². The molecule has 7 heteroatoms. The van der Waals surface area contributed by atoms with E-state index < -0.39 is 6.03 Å². The Hall–Kier alpha value is -1.60. The van der Waals surface area contributed by atoms with Gasteiger partial charge in [0.15, 0.2) is 0 Å². The lowest BCUT2D eigenvalue weighted by Gasteiger charge is -2.03. The average molecular weight is 227 g/mol. The number of hydrogen-bond donors (Lipinski definition) is 4. The van der Waals surface area contributed by atoms with Crippen molar-refractivity contribution >= 4 is 6.03 Å². The van der Waals surface area contributed by atoms with Crippen LogP contribution < -0.4 is 16.4 Å². The Morgan fingerprint density at radius 3 is 3.06 bits per heavy atom. The second-order valence-electron chi connectivity index (χ2n) is 3.30. The Bertz CT molecular complexity index is 325. The van der Waals surface area contributed by atoms with Gasteiger partial charge in [0.25, 0.3) is 0 Å². The highest BCUT2D eigenvalue weighted by atomic mass is 16.3. The first kappa shape index (κ1) is 12.5. The van der Waals surface area contributed by atoms with E-state index in [0.717, 1.165) is 5.56 Å². The summed E-state index contributed by atoms with van der Waals surface area (Å²) in [5, 5.41) is 18.4. The van der Waals surface area contributed by atoms with Gasteiger partial charge in [-0.2, -0.15) is 5.10 Å². The van der Waals surface area contributed by atoms with Crippen molar-refractivity contribution in [3.8, 4) is 0 Å². The lowest BCUT2D eigenvalue weighted by atomic mass is 10.3. The summed E-state index contributed by atoms with van der Waals surface area (Å²) >= 11 is 0. The van der Waals surface area contributed by atoms with Crippen LogP contribution in [0.15, 0.2) is 12.4 Å². The lowest BCUT2D eigenvalue weighted by Crippen LogP contribution is -2.35. The summed E-state index contributed by atoms with van der Waals surface area (Å²) in [6.45, 7) is 2.40. The normalized spacial score (nSPS) is 10.3. The van der Waals surface area contributed by atoms with Gasteiger partial charge in [0.1, 0.15) is 0 Å². The molecule has 7 nitrogen and oxygen atoms in total. The third-order valence-electron chi connectivity index (χ3n) is 1.95. The van der Waals surface area contributed by atoms with E-state index in [2.05, 4.69) is 15.7 Å². The smallest absolute Gasteiger partial charge is 0.312 e. The summed E-state index contributed by atoms with van der Waals surface area (Å²) in [6, 6.07) is -0.516. The van der Waals surface area contributed by atoms with Crippen molar-refractivity contribution in [2.24, 2.45) is 5.73 Å². The van der Waals surface area contributed by atoms with Crippen molar-refractivity contribution < 1.29 is 9.90 Å². The van der Waals surface area contributed by atoms with Crippen LogP contribution in [0.25, 0.3) is 0 Å². The van der Waals surface area contributed by atoms with E-state index in [9.17, 15) is 4.79 Å². The quantitative estimate of drug-likeness (QED) is 0.431. The van der Waals surface area contributed by atoms with Gasteiger partial charge in [-0.3, -0.25) is 4.68 Å². The summed E-state index contributed by atoms with van der Waals surface area (Å²) in [6.07, 6.45) is 3.61. The minimum Gasteiger partial charge on any atom is -0.394 e. The van der Waals surface area contributed by atoms with Crippen LogP contribution in [0.1, 0.15) is 5.56 Å². The molecule has 5 N–H and O–H groups in total. The van der Waals surface area contributed by atoms with Gasteiger partial charge in [-0.15, -0.1) is 0 Å². The number of aromatic nitrogens is 2. The number of nitrogens with one attached hydrogen (secondary N) is 2. The van der Waals surface area contributed by atoms with E-state index in [1.165, 1.54) is 0 Å². The van der Waals surface area contributed by atoms with E-state index in [4.69, 9.17) is 10.8 Å². The third kappa shape index (κ3) is 4.76. The van der Waals surface area contributed by atoms with Crippen LogP contribution in [0, 0.1) is 0 Å². The number of nitrogens with two attached hydrogens (primary N) is 1. The minimum atomic E-state index is -0.516. The first-order chi connectivity index (χ1) is 7.72. The van der Waals surface area contributed by atoms with Gasteiger partial charge in [0.2, 0.25) is 0 Å². The molecular weight excluding hydrogens is 210 g/mol. The number of aliphatic hydroxyl groups is 1. The molecule has 0 atom stereocenters. The molecule has 0 unspecified atom stereocenters.